The molecule has 258 valence electrons. The van der Waals surface area contributed by atoms with Crippen LogP contribution in [0.5, 0.6) is 5.75 Å². The Morgan fingerprint density at radius 3 is 1.44 bits per heavy atom. The molecule has 0 N–H and O–H groups in total. The summed E-state index contributed by atoms with van der Waals surface area (Å²) in [5.41, 5.74) is 11.5. The van der Waals surface area contributed by atoms with Crippen molar-refractivity contribution in [2.75, 3.05) is 45.1 Å². The molecule has 0 saturated heterocycles. The molecule has 0 amide bonds. The number of hydrogen-bond acceptors (Lipinski definition) is 3. The summed E-state index contributed by atoms with van der Waals surface area (Å²) in [5.74, 6) is 1.07. The summed E-state index contributed by atoms with van der Waals surface area (Å²) in [6.07, 6.45) is 2.11. The number of benzene rings is 3. The molecule has 0 aliphatic carbocycles. The number of aryl methyl sites for hydroxylation is 1. The molecule has 4 heteroatoms. The summed E-state index contributed by atoms with van der Waals surface area (Å²) in [6.45, 7) is 28.3. The fourth-order valence-electron chi connectivity index (χ4n) is 6.20. The van der Waals surface area contributed by atoms with Gasteiger partial charge in [-0.05, 0) is 57.1 Å². The molecule has 0 aliphatic rings. The van der Waals surface area contributed by atoms with Gasteiger partial charge in [0.1, 0.15) is 5.75 Å². The minimum atomic E-state index is -0.0269. The van der Waals surface area contributed by atoms with Crippen LogP contribution in [0.25, 0.3) is 0 Å². The molecular formula is C44H63N2OY. The predicted octanol–water partition coefficient (Wildman–Crippen LogP) is 11.3. The zero-order valence-electron chi connectivity index (χ0n) is 32.7. The van der Waals surface area contributed by atoms with Gasteiger partial charge in [-0.15, -0.1) is 17.7 Å². The number of methoxy groups -OCH3 is 1. The molecule has 4 rings (SSSR count). The Morgan fingerprint density at radius 1 is 0.688 bits per heavy atom. The molecule has 0 aromatic heterocycles. The van der Waals surface area contributed by atoms with Gasteiger partial charge in [0.05, 0.1) is 7.11 Å². The van der Waals surface area contributed by atoms with E-state index in [2.05, 4.69) is 128 Å². The first-order valence-corrected chi connectivity index (χ1v) is 17.0. The fraction of sp³-hybridized carbons (Fsp3) is 0.432. The first kappa shape index (κ1) is 43.3. The van der Waals surface area contributed by atoms with Crippen molar-refractivity contribution >= 4 is 11.4 Å². The number of para-hydroxylation sites is 2. The van der Waals surface area contributed by atoms with Gasteiger partial charge in [0.25, 0.3) is 0 Å². The molecule has 0 fully saturated rings. The second-order valence-corrected chi connectivity index (χ2v) is 15.1. The summed E-state index contributed by atoms with van der Waals surface area (Å²) in [6, 6.07) is 27.9. The van der Waals surface area contributed by atoms with Crippen LogP contribution in [0.3, 0.4) is 0 Å². The summed E-state index contributed by atoms with van der Waals surface area (Å²) in [7, 11) is 9.90. The van der Waals surface area contributed by atoms with Gasteiger partial charge in [-0.25, -0.2) is 6.07 Å². The van der Waals surface area contributed by atoms with Crippen molar-refractivity contribution < 1.29 is 37.4 Å². The van der Waals surface area contributed by atoms with E-state index in [0.29, 0.717) is 0 Å². The van der Waals surface area contributed by atoms with Gasteiger partial charge in [0.2, 0.25) is 0 Å². The topological polar surface area (TPSA) is 15.7 Å². The number of rotatable bonds is 7. The maximum Gasteiger partial charge on any atom is 3.00 e. The smallest absolute Gasteiger partial charge is 0.496 e. The van der Waals surface area contributed by atoms with Crippen LogP contribution in [-0.4, -0.2) is 35.3 Å². The van der Waals surface area contributed by atoms with E-state index < -0.39 is 0 Å². The van der Waals surface area contributed by atoms with Gasteiger partial charge < -0.3 is 14.5 Å². The van der Waals surface area contributed by atoms with Crippen molar-refractivity contribution in [1.82, 2.24) is 0 Å². The van der Waals surface area contributed by atoms with Crippen LogP contribution in [0.1, 0.15) is 107 Å². The normalized spacial score (nSPS) is 11.3. The van der Waals surface area contributed by atoms with Crippen molar-refractivity contribution in [2.24, 2.45) is 0 Å². The van der Waals surface area contributed by atoms with Gasteiger partial charge in [0, 0.05) is 0 Å². The predicted molar refractivity (Wildman–Crippen MR) is 209 cm³/mol. The number of nitrogens with zero attached hydrogens (tertiary/aromatic N) is 2. The first-order chi connectivity index (χ1) is 21.8. The zero-order chi connectivity index (χ0) is 35.7. The van der Waals surface area contributed by atoms with Crippen LogP contribution in [-0.2, 0) is 49.0 Å². The van der Waals surface area contributed by atoms with Crippen LogP contribution in [0.4, 0.5) is 11.4 Å². The summed E-state index contributed by atoms with van der Waals surface area (Å²) in [4.78, 5) is 4.12. The Balaban J connectivity index is 0.000000446. The molecule has 0 spiro atoms. The van der Waals surface area contributed by atoms with Gasteiger partial charge >= 0.3 is 32.7 Å². The minimum absolute atomic E-state index is 0. The van der Waals surface area contributed by atoms with Crippen LogP contribution in [0, 0.1) is 20.8 Å². The molecule has 4 aromatic rings. The average Bonchev–Trinajstić information content (AvgIpc) is 3.50. The number of ether oxygens (including phenoxy) is 1. The minimum Gasteiger partial charge on any atom is -0.496 e. The Morgan fingerprint density at radius 2 is 1.12 bits per heavy atom. The summed E-state index contributed by atoms with van der Waals surface area (Å²) < 4.78 is 6.06. The Kier molecular flexibility index (Phi) is 16.5. The van der Waals surface area contributed by atoms with Crippen LogP contribution < -0.4 is 14.5 Å². The van der Waals surface area contributed by atoms with Crippen LogP contribution in [0.2, 0.25) is 0 Å². The van der Waals surface area contributed by atoms with Gasteiger partial charge in [-0.2, -0.15) is 54.8 Å². The number of anilines is 2. The first-order valence-electron chi connectivity index (χ1n) is 17.0. The van der Waals surface area contributed by atoms with Crippen LogP contribution >= 0.6 is 0 Å². The van der Waals surface area contributed by atoms with E-state index in [0.717, 1.165) is 29.7 Å². The van der Waals surface area contributed by atoms with Crippen LogP contribution in [0.15, 0.2) is 78.9 Å². The number of hydrogen-bond donors (Lipinski definition) is 0. The Labute approximate surface area is 320 Å². The maximum atomic E-state index is 6.06. The summed E-state index contributed by atoms with van der Waals surface area (Å²) in [5, 5.41) is 0. The molecule has 4 aromatic carbocycles. The fourth-order valence-corrected chi connectivity index (χ4v) is 6.20. The van der Waals surface area contributed by atoms with E-state index >= 15 is 0 Å². The zero-order valence-corrected chi connectivity index (χ0v) is 35.6. The third-order valence-corrected chi connectivity index (χ3v) is 9.09. The average molecular weight is 725 g/mol. The Hall–Kier alpha value is -2.75. The maximum absolute atomic E-state index is 6.06. The molecule has 0 radical (unpaired) electrons. The molecule has 0 saturated carbocycles. The monoisotopic (exact) mass is 724 g/mol. The quantitative estimate of drug-likeness (QED) is 0.177. The largest absolute Gasteiger partial charge is 3.00 e. The molecule has 0 heterocycles. The molecule has 0 unspecified atom stereocenters. The molecular weight excluding hydrogens is 661 g/mol. The molecule has 3 nitrogen and oxygen atoms in total. The molecule has 48 heavy (non-hydrogen) atoms. The third kappa shape index (κ3) is 10.9. The van der Waals surface area contributed by atoms with Crippen molar-refractivity contribution in [3.63, 3.8) is 0 Å². The second-order valence-electron chi connectivity index (χ2n) is 15.1. The molecule has 0 atom stereocenters. The van der Waals surface area contributed by atoms with E-state index in [1.807, 2.05) is 71.7 Å². The van der Waals surface area contributed by atoms with E-state index in [-0.39, 0.29) is 49.0 Å². The SMILES string of the molecule is CCC(CC)(c1cc(C)cc(C(C)(C)C)c1OC)[c-]1ccc(C(C)(C)C)c1.[CH2-]c1ccccc1N(C)C.[CH2-]c1ccccc1N(C)C.[Y+3]. The Bertz CT molecular complexity index is 1500. The standard InChI is InChI=1S/C26H39O.2C9H12N.Y/c1-11-26(12-2,20-14-13-19(17-20)24(4,5)6)22-16-18(3)15-21(23(22)27-10)25(7,8)9;2*1-8-6-4-5-7-9(8)10(2)3;/h13-17H,11-12H2,1-10H3;2*4-7H,1H2,2-3H3;/q3*-1;+3. The van der Waals surface area contributed by atoms with E-state index in [1.54, 1.807) is 0 Å². The van der Waals surface area contributed by atoms with Crippen molar-refractivity contribution in [3.05, 3.63) is 132 Å². The summed E-state index contributed by atoms with van der Waals surface area (Å²) >= 11 is 0. The van der Waals surface area contributed by atoms with Crippen molar-refractivity contribution in [3.8, 4) is 5.75 Å². The van der Waals surface area contributed by atoms with E-state index in [4.69, 9.17) is 4.74 Å². The van der Waals surface area contributed by atoms with Crippen molar-refractivity contribution in [2.45, 2.75) is 91.4 Å². The van der Waals surface area contributed by atoms with E-state index in [1.165, 1.54) is 39.2 Å². The molecule has 0 aliphatic heterocycles. The third-order valence-electron chi connectivity index (χ3n) is 9.09. The molecule has 0 bridgehead atoms. The second kappa shape index (κ2) is 18.3. The van der Waals surface area contributed by atoms with Crippen molar-refractivity contribution in [1.29, 1.82) is 0 Å². The van der Waals surface area contributed by atoms with E-state index in [9.17, 15) is 0 Å². The van der Waals surface area contributed by atoms with Gasteiger partial charge in [-0.1, -0.05) is 127 Å². The van der Waals surface area contributed by atoms with Gasteiger partial charge in [-0.3, -0.25) is 0 Å². The van der Waals surface area contributed by atoms with Gasteiger partial charge in [0.15, 0.2) is 0 Å².